The van der Waals surface area contributed by atoms with Gasteiger partial charge in [0, 0.05) is 27.3 Å². The SMILES string of the molecule is C1=Cc2cc3ccc(cc4nc(cc5ccc(cc1n2)[nH]5)C=C4)[nH]3.c1cocn1.c1conn1. The number of rotatable bonds is 0. The van der Waals surface area contributed by atoms with Crippen LogP contribution in [-0.4, -0.2) is 35.3 Å². The zero-order valence-electron chi connectivity index (χ0n) is 17.9. The summed E-state index contributed by atoms with van der Waals surface area (Å²) in [6, 6.07) is 16.4. The van der Waals surface area contributed by atoms with E-state index in [9.17, 15) is 0 Å². The van der Waals surface area contributed by atoms with E-state index in [0.717, 1.165) is 44.8 Å². The number of aromatic amines is 2. The molecule has 0 atom stereocenters. The second-order valence-electron chi connectivity index (χ2n) is 7.17. The Balaban J connectivity index is 0.000000199. The quantitative estimate of drug-likeness (QED) is 0.318. The second-order valence-corrected chi connectivity index (χ2v) is 7.17. The van der Waals surface area contributed by atoms with Crippen LogP contribution >= 0.6 is 0 Å². The highest BCUT2D eigenvalue weighted by atomic mass is 16.5. The summed E-state index contributed by atoms with van der Waals surface area (Å²) >= 11 is 0. The maximum absolute atomic E-state index is 4.63. The summed E-state index contributed by atoms with van der Waals surface area (Å²) in [4.78, 5) is 19.6. The number of hydrogen-bond donors (Lipinski definition) is 2. The average Bonchev–Trinajstić information content (AvgIpc) is 3.65. The molecule has 0 aliphatic carbocycles. The first kappa shape index (κ1) is 20.8. The Kier molecular flexibility index (Phi) is 6.16. The molecule has 0 spiro atoms. The fourth-order valence-corrected chi connectivity index (χ4v) is 3.26. The maximum Gasteiger partial charge on any atom is 0.180 e. The smallest absolute Gasteiger partial charge is 0.180 e. The molecule has 0 saturated heterocycles. The van der Waals surface area contributed by atoms with Crippen molar-refractivity contribution in [1.82, 2.24) is 35.3 Å². The van der Waals surface area contributed by atoms with Crippen molar-refractivity contribution >= 4 is 46.4 Å². The number of oxazole rings is 1. The molecule has 8 bridgehead atoms. The van der Waals surface area contributed by atoms with Gasteiger partial charge < -0.3 is 18.9 Å². The molecule has 2 N–H and O–H groups in total. The van der Waals surface area contributed by atoms with Crippen LogP contribution in [0.25, 0.3) is 46.4 Å². The Morgan fingerprint density at radius 1 is 0.588 bits per heavy atom. The number of aromatic nitrogens is 7. The first-order valence-corrected chi connectivity index (χ1v) is 10.4. The van der Waals surface area contributed by atoms with Gasteiger partial charge >= 0.3 is 0 Å². The first-order chi connectivity index (χ1) is 16.8. The van der Waals surface area contributed by atoms with Crippen LogP contribution in [0.1, 0.15) is 22.8 Å². The van der Waals surface area contributed by atoms with E-state index >= 15 is 0 Å². The molecule has 2 aliphatic rings. The molecule has 7 heterocycles. The summed E-state index contributed by atoms with van der Waals surface area (Å²) in [5.41, 5.74) is 7.86. The summed E-state index contributed by atoms with van der Waals surface area (Å²) in [5.74, 6) is 0. The minimum Gasteiger partial charge on any atom is -0.452 e. The van der Waals surface area contributed by atoms with Crippen LogP contribution in [0.2, 0.25) is 0 Å². The predicted molar refractivity (Wildman–Crippen MR) is 130 cm³/mol. The fourth-order valence-electron chi connectivity index (χ4n) is 3.26. The third-order valence-electron chi connectivity index (χ3n) is 4.67. The molecule has 0 unspecified atom stereocenters. The lowest BCUT2D eigenvalue weighted by Gasteiger charge is -1.85. The van der Waals surface area contributed by atoms with Gasteiger partial charge in [-0.3, -0.25) is 0 Å². The minimum absolute atomic E-state index is 0.939. The summed E-state index contributed by atoms with van der Waals surface area (Å²) in [6.07, 6.45) is 15.4. The van der Waals surface area contributed by atoms with Crippen LogP contribution < -0.4 is 0 Å². The molecule has 5 aromatic rings. The van der Waals surface area contributed by atoms with Crippen LogP contribution in [0, 0.1) is 0 Å². The average molecular weight is 449 g/mol. The summed E-state index contributed by atoms with van der Waals surface area (Å²) in [6.45, 7) is 0. The van der Waals surface area contributed by atoms with E-state index < -0.39 is 0 Å². The van der Waals surface area contributed by atoms with E-state index in [1.54, 1.807) is 6.20 Å². The van der Waals surface area contributed by atoms with Gasteiger partial charge in [-0.2, -0.15) is 0 Å². The molecule has 9 nitrogen and oxygen atoms in total. The van der Waals surface area contributed by atoms with Crippen molar-refractivity contribution in [2.24, 2.45) is 0 Å². The van der Waals surface area contributed by atoms with Crippen molar-refractivity contribution in [3.8, 4) is 0 Å². The van der Waals surface area contributed by atoms with Gasteiger partial charge in [-0.25, -0.2) is 15.0 Å². The van der Waals surface area contributed by atoms with Crippen LogP contribution in [-0.2, 0) is 0 Å². The number of nitrogens with zero attached hydrogens (tertiary/aromatic N) is 5. The lowest BCUT2D eigenvalue weighted by Crippen LogP contribution is -1.75. The van der Waals surface area contributed by atoms with Crippen molar-refractivity contribution in [3.63, 3.8) is 0 Å². The molecule has 0 aromatic carbocycles. The summed E-state index contributed by atoms with van der Waals surface area (Å²) in [5, 5.41) is 6.40. The fraction of sp³-hybridized carbons (Fsp3) is 0. The summed E-state index contributed by atoms with van der Waals surface area (Å²) in [7, 11) is 0. The molecule has 5 aromatic heterocycles. The van der Waals surface area contributed by atoms with Crippen LogP contribution in [0.3, 0.4) is 0 Å². The molecule has 0 radical (unpaired) electrons. The highest BCUT2D eigenvalue weighted by Gasteiger charge is 2.01. The lowest BCUT2D eigenvalue weighted by molar-refractivity contribution is 0.393. The van der Waals surface area contributed by atoms with E-state index in [1.165, 1.54) is 25.1 Å². The van der Waals surface area contributed by atoms with Gasteiger partial charge in [0.25, 0.3) is 0 Å². The Labute approximate surface area is 193 Å². The van der Waals surface area contributed by atoms with Crippen LogP contribution in [0.5, 0.6) is 0 Å². The third-order valence-corrected chi connectivity index (χ3v) is 4.67. The molecule has 7 rings (SSSR count). The van der Waals surface area contributed by atoms with Crippen molar-refractivity contribution < 1.29 is 8.94 Å². The molecular weight excluding hydrogens is 430 g/mol. The zero-order valence-corrected chi connectivity index (χ0v) is 17.9. The topological polar surface area (TPSA) is 122 Å². The molecule has 34 heavy (non-hydrogen) atoms. The molecule has 2 aliphatic heterocycles. The minimum atomic E-state index is 0.939. The summed E-state index contributed by atoms with van der Waals surface area (Å²) < 4.78 is 8.69. The van der Waals surface area contributed by atoms with Crippen molar-refractivity contribution in [1.29, 1.82) is 0 Å². The van der Waals surface area contributed by atoms with Crippen LogP contribution in [0.15, 0.2) is 88.8 Å². The van der Waals surface area contributed by atoms with E-state index in [0.29, 0.717) is 0 Å². The normalized spacial score (nSPS) is 11.3. The molecule has 9 heteroatoms. The van der Waals surface area contributed by atoms with Crippen LogP contribution in [0.4, 0.5) is 0 Å². The predicted octanol–water partition coefficient (Wildman–Crippen LogP) is 5.40. The Hall–Kier alpha value is -5.05. The Bertz CT molecular complexity index is 1320. The molecule has 0 fully saturated rings. The van der Waals surface area contributed by atoms with Gasteiger partial charge in [0.2, 0.25) is 0 Å². The standard InChI is InChI=1S/C20H14N4.C3H3NO.C2H2N2O/c1-2-14-10-16-5-6-18(23-16)12-20-8-7-19(24-20)11-17-4-3-15(22-17)9-13(1)21-14;1-2-5-3-4-1;1-2-5-4-3-1/h1-12,21,24H;1-3H;1-2H. The van der Waals surface area contributed by atoms with Crippen molar-refractivity contribution in [2.75, 3.05) is 0 Å². The Morgan fingerprint density at radius 3 is 1.35 bits per heavy atom. The third kappa shape index (κ3) is 5.60. The highest BCUT2D eigenvalue weighted by molar-refractivity contribution is 5.77. The van der Waals surface area contributed by atoms with Gasteiger partial charge in [-0.1, -0.05) is 0 Å². The van der Waals surface area contributed by atoms with Gasteiger partial charge in [-0.15, -0.1) is 5.10 Å². The van der Waals surface area contributed by atoms with E-state index in [1.807, 2.05) is 48.6 Å². The van der Waals surface area contributed by atoms with E-state index in [-0.39, 0.29) is 0 Å². The van der Waals surface area contributed by atoms with Gasteiger partial charge in [0.15, 0.2) is 6.39 Å². The molecule has 0 amide bonds. The number of nitrogens with one attached hydrogen (secondary N) is 2. The van der Waals surface area contributed by atoms with Crippen molar-refractivity contribution in [3.05, 3.63) is 103 Å². The van der Waals surface area contributed by atoms with E-state index in [2.05, 4.69) is 68.5 Å². The van der Waals surface area contributed by atoms with E-state index in [4.69, 9.17) is 0 Å². The second kappa shape index (κ2) is 10.0. The largest absolute Gasteiger partial charge is 0.452 e. The molecular formula is C25H19N7O2. The zero-order chi connectivity index (χ0) is 23.0. The van der Waals surface area contributed by atoms with Gasteiger partial charge in [0.05, 0.1) is 35.2 Å². The maximum atomic E-state index is 4.63. The Morgan fingerprint density at radius 2 is 1.09 bits per heavy atom. The number of hydrogen-bond acceptors (Lipinski definition) is 7. The monoisotopic (exact) mass is 449 g/mol. The molecule has 166 valence electrons. The number of H-pyrrole nitrogens is 2. The van der Waals surface area contributed by atoms with Gasteiger partial charge in [0.1, 0.15) is 12.5 Å². The molecule has 0 saturated carbocycles. The van der Waals surface area contributed by atoms with Gasteiger partial charge in [-0.05, 0) is 72.8 Å². The highest BCUT2D eigenvalue weighted by Crippen LogP contribution is 2.16. The van der Waals surface area contributed by atoms with Crippen molar-refractivity contribution in [2.45, 2.75) is 0 Å². The first-order valence-electron chi connectivity index (χ1n) is 10.4. The number of fused-ring (bicyclic) bond motifs is 8. The lowest BCUT2D eigenvalue weighted by atomic mass is 10.3.